The number of rotatable bonds is 3. The van der Waals surface area contributed by atoms with Crippen LogP contribution in [0.2, 0.25) is 0 Å². The second kappa shape index (κ2) is 5.41. The van der Waals surface area contributed by atoms with E-state index in [9.17, 15) is 0 Å². The molecule has 1 atom stereocenters. The molecule has 0 fully saturated rings. The van der Waals surface area contributed by atoms with Crippen molar-refractivity contribution in [1.82, 2.24) is 9.97 Å². The van der Waals surface area contributed by atoms with Crippen LogP contribution in [0.3, 0.4) is 0 Å². The third-order valence-electron chi connectivity index (χ3n) is 2.97. The summed E-state index contributed by atoms with van der Waals surface area (Å²) in [5.41, 5.74) is 2.13. The fourth-order valence-corrected chi connectivity index (χ4v) is 2.89. The Kier molecular flexibility index (Phi) is 3.47. The molecule has 0 aliphatic rings. The lowest BCUT2D eigenvalue weighted by molar-refractivity contribution is 0.998. The molecule has 2 aromatic heterocycles. The molecule has 2 heterocycles. The van der Waals surface area contributed by atoms with Gasteiger partial charge in [-0.05, 0) is 31.2 Å². The predicted octanol–water partition coefficient (Wildman–Crippen LogP) is 4.48. The number of nitrogens with zero attached hydrogens (tertiary/aromatic N) is 2. The number of benzene rings is 1. The van der Waals surface area contributed by atoms with E-state index in [1.807, 2.05) is 36.5 Å². The molecule has 0 saturated heterocycles. The maximum atomic E-state index is 4.68. The Morgan fingerprint density at radius 3 is 2.63 bits per heavy atom. The van der Waals surface area contributed by atoms with Crippen LogP contribution in [0.4, 0.5) is 0 Å². The molecule has 0 saturated carbocycles. The van der Waals surface area contributed by atoms with Gasteiger partial charge in [0.05, 0.1) is 21.5 Å². The maximum absolute atomic E-state index is 4.68. The quantitative estimate of drug-likeness (QED) is 0.653. The molecule has 0 unspecified atom stereocenters. The van der Waals surface area contributed by atoms with Crippen molar-refractivity contribution in [2.75, 3.05) is 0 Å². The predicted molar refractivity (Wildman–Crippen MR) is 80.3 cm³/mol. The van der Waals surface area contributed by atoms with Crippen molar-refractivity contribution in [2.45, 2.75) is 17.2 Å². The van der Waals surface area contributed by atoms with Crippen LogP contribution >= 0.6 is 11.8 Å². The minimum Gasteiger partial charge on any atom is -0.260 e. The zero-order chi connectivity index (χ0) is 13.1. The average Bonchev–Trinajstić information content (AvgIpc) is 2.48. The Bertz CT molecular complexity index is 682. The van der Waals surface area contributed by atoms with Gasteiger partial charge in [-0.25, -0.2) is 4.98 Å². The first kappa shape index (κ1) is 12.2. The van der Waals surface area contributed by atoms with E-state index in [2.05, 4.69) is 41.2 Å². The van der Waals surface area contributed by atoms with Crippen molar-refractivity contribution in [3.63, 3.8) is 0 Å². The van der Waals surface area contributed by atoms with E-state index in [0.717, 1.165) is 16.2 Å². The molecule has 1 aromatic carbocycles. The molecular formula is C16H14N2S. The number of hydrogen-bond acceptors (Lipinski definition) is 3. The van der Waals surface area contributed by atoms with E-state index in [0.29, 0.717) is 5.25 Å². The number of thioether (sulfide) groups is 1. The average molecular weight is 266 g/mol. The van der Waals surface area contributed by atoms with Gasteiger partial charge >= 0.3 is 0 Å². The van der Waals surface area contributed by atoms with Crippen LogP contribution in [0, 0.1) is 0 Å². The molecule has 3 heteroatoms. The highest BCUT2D eigenvalue weighted by Crippen LogP contribution is 2.33. The fourth-order valence-electron chi connectivity index (χ4n) is 1.97. The monoisotopic (exact) mass is 266 g/mol. The van der Waals surface area contributed by atoms with Gasteiger partial charge in [-0.2, -0.15) is 0 Å². The van der Waals surface area contributed by atoms with Crippen molar-refractivity contribution >= 4 is 22.7 Å². The highest BCUT2D eigenvalue weighted by atomic mass is 32.2. The lowest BCUT2D eigenvalue weighted by Gasteiger charge is -2.10. The number of fused-ring (bicyclic) bond motifs is 1. The number of para-hydroxylation sites is 1. The molecule has 0 N–H and O–H groups in total. The van der Waals surface area contributed by atoms with Crippen LogP contribution in [0.25, 0.3) is 10.9 Å². The first-order valence-electron chi connectivity index (χ1n) is 6.26. The third kappa shape index (κ3) is 2.76. The highest BCUT2D eigenvalue weighted by Gasteiger charge is 2.09. The Balaban J connectivity index is 1.85. The van der Waals surface area contributed by atoms with Crippen LogP contribution in [-0.4, -0.2) is 9.97 Å². The zero-order valence-electron chi connectivity index (χ0n) is 10.7. The van der Waals surface area contributed by atoms with Crippen molar-refractivity contribution in [2.24, 2.45) is 0 Å². The summed E-state index contributed by atoms with van der Waals surface area (Å²) in [7, 11) is 0. The Labute approximate surface area is 116 Å². The molecule has 19 heavy (non-hydrogen) atoms. The molecule has 0 radical (unpaired) electrons. The Morgan fingerprint density at radius 2 is 1.79 bits per heavy atom. The lowest BCUT2D eigenvalue weighted by atomic mass is 10.2. The molecular weight excluding hydrogens is 252 g/mol. The van der Waals surface area contributed by atoms with Crippen LogP contribution in [0.1, 0.15) is 17.9 Å². The first-order valence-corrected chi connectivity index (χ1v) is 7.14. The summed E-state index contributed by atoms with van der Waals surface area (Å²) in [6.07, 6.45) is 1.83. The standard InChI is InChI=1S/C16H14N2S/c1-12(14-7-4-5-11-17-14)19-16-10-9-13-6-2-3-8-15(13)18-16/h2-12H,1H3/t12-/m1/s1. The van der Waals surface area contributed by atoms with Crippen LogP contribution in [0.15, 0.2) is 65.8 Å². The smallest absolute Gasteiger partial charge is 0.0973 e. The topological polar surface area (TPSA) is 25.8 Å². The zero-order valence-corrected chi connectivity index (χ0v) is 11.5. The van der Waals surface area contributed by atoms with Gasteiger partial charge in [-0.1, -0.05) is 42.1 Å². The summed E-state index contributed by atoms with van der Waals surface area (Å²) in [5.74, 6) is 0. The van der Waals surface area contributed by atoms with E-state index in [4.69, 9.17) is 0 Å². The van der Waals surface area contributed by atoms with Crippen molar-refractivity contribution in [3.05, 3.63) is 66.5 Å². The lowest BCUT2D eigenvalue weighted by Crippen LogP contribution is -1.92. The molecule has 2 nitrogen and oxygen atoms in total. The SMILES string of the molecule is C[C@@H](Sc1ccc2ccccc2n1)c1ccccn1. The van der Waals surface area contributed by atoms with Crippen molar-refractivity contribution in [3.8, 4) is 0 Å². The van der Waals surface area contributed by atoms with Gasteiger partial charge in [0.2, 0.25) is 0 Å². The molecule has 3 rings (SSSR count). The normalized spacial score (nSPS) is 12.5. The first-order chi connectivity index (χ1) is 9.33. The molecule has 0 aliphatic carbocycles. The fraction of sp³-hybridized carbons (Fsp3) is 0.125. The van der Waals surface area contributed by atoms with Crippen LogP contribution in [0.5, 0.6) is 0 Å². The van der Waals surface area contributed by atoms with E-state index >= 15 is 0 Å². The second-order valence-corrected chi connectivity index (χ2v) is 5.72. The molecule has 0 amide bonds. The summed E-state index contributed by atoms with van der Waals surface area (Å²) < 4.78 is 0. The molecule has 0 spiro atoms. The van der Waals surface area contributed by atoms with Crippen LogP contribution < -0.4 is 0 Å². The Morgan fingerprint density at radius 1 is 0.947 bits per heavy atom. The Hall–Kier alpha value is -1.87. The highest BCUT2D eigenvalue weighted by molar-refractivity contribution is 7.99. The number of hydrogen-bond donors (Lipinski definition) is 0. The number of pyridine rings is 2. The summed E-state index contributed by atoms with van der Waals surface area (Å²) in [5, 5.41) is 2.52. The van der Waals surface area contributed by atoms with Gasteiger partial charge in [-0.15, -0.1) is 0 Å². The van der Waals surface area contributed by atoms with E-state index in [1.54, 1.807) is 11.8 Å². The van der Waals surface area contributed by atoms with Gasteiger partial charge in [0, 0.05) is 11.6 Å². The molecule has 3 aromatic rings. The third-order valence-corrected chi connectivity index (χ3v) is 4.04. The minimum absolute atomic E-state index is 0.301. The van der Waals surface area contributed by atoms with Gasteiger partial charge in [0.15, 0.2) is 0 Å². The van der Waals surface area contributed by atoms with Crippen molar-refractivity contribution < 1.29 is 0 Å². The molecule has 0 bridgehead atoms. The van der Waals surface area contributed by atoms with E-state index < -0.39 is 0 Å². The van der Waals surface area contributed by atoms with E-state index in [1.165, 1.54) is 5.39 Å². The van der Waals surface area contributed by atoms with Gasteiger partial charge < -0.3 is 0 Å². The van der Waals surface area contributed by atoms with Gasteiger partial charge in [-0.3, -0.25) is 4.98 Å². The van der Waals surface area contributed by atoms with E-state index in [-0.39, 0.29) is 0 Å². The minimum atomic E-state index is 0.301. The molecule has 0 aliphatic heterocycles. The summed E-state index contributed by atoms with van der Waals surface area (Å²) >= 11 is 1.74. The second-order valence-electron chi connectivity index (χ2n) is 4.36. The largest absolute Gasteiger partial charge is 0.260 e. The number of aromatic nitrogens is 2. The summed E-state index contributed by atoms with van der Waals surface area (Å²) in [4.78, 5) is 9.06. The van der Waals surface area contributed by atoms with Crippen LogP contribution in [-0.2, 0) is 0 Å². The van der Waals surface area contributed by atoms with Crippen molar-refractivity contribution in [1.29, 1.82) is 0 Å². The van der Waals surface area contributed by atoms with Gasteiger partial charge in [0.1, 0.15) is 0 Å². The molecule has 94 valence electrons. The summed E-state index contributed by atoms with van der Waals surface area (Å²) in [6.45, 7) is 2.16. The summed E-state index contributed by atoms with van der Waals surface area (Å²) in [6, 6.07) is 18.4. The maximum Gasteiger partial charge on any atom is 0.0973 e. The van der Waals surface area contributed by atoms with Gasteiger partial charge in [0.25, 0.3) is 0 Å².